The molecule has 3 heteroatoms. The number of benzene rings is 1. The number of rotatable bonds is 3. The minimum Gasteiger partial charge on any atom is -0.495 e. The number of Topliss-reactive ketones (excluding diaryl/α,β-unsaturated/α-hetero) is 1. The highest BCUT2D eigenvalue weighted by Gasteiger charge is 2.08. The quantitative estimate of drug-likeness (QED) is 0.831. The summed E-state index contributed by atoms with van der Waals surface area (Å²) in [7, 11) is 1.64. The number of carbonyl (C=O) groups is 1. The number of para-hydroxylation sites is 1. The zero-order valence-electron chi connectivity index (χ0n) is 8.83. The van der Waals surface area contributed by atoms with Crippen molar-refractivity contribution in [2.24, 2.45) is 0 Å². The predicted molar refractivity (Wildman–Crippen MR) is 59.2 cm³/mol. The van der Waals surface area contributed by atoms with Crippen LogP contribution >= 0.6 is 0 Å². The topological polar surface area (TPSA) is 42.1 Å². The first-order valence-corrected chi connectivity index (χ1v) is 4.84. The highest BCUT2D eigenvalue weighted by atomic mass is 16.5. The fourth-order valence-electron chi connectivity index (χ4n) is 1.77. The van der Waals surface area contributed by atoms with Crippen molar-refractivity contribution in [2.75, 3.05) is 7.11 Å². The van der Waals surface area contributed by atoms with Crippen molar-refractivity contribution in [2.45, 2.75) is 13.3 Å². The first-order valence-electron chi connectivity index (χ1n) is 4.84. The van der Waals surface area contributed by atoms with Gasteiger partial charge in [-0.1, -0.05) is 12.1 Å². The van der Waals surface area contributed by atoms with Crippen LogP contribution in [0.3, 0.4) is 0 Å². The molecule has 0 unspecified atom stereocenters. The number of aromatic nitrogens is 1. The minimum absolute atomic E-state index is 0.165. The van der Waals surface area contributed by atoms with E-state index in [1.165, 1.54) is 0 Å². The van der Waals surface area contributed by atoms with Gasteiger partial charge in [-0.15, -0.1) is 0 Å². The second kappa shape index (κ2) is 3.77. The lowest BCUT2D eigenvalue weighted by Crippen LogP contribution is -1.94. The summed E-state index contributed by atoms with van der Waals surface area (Å²) in [5.41, 5.74) is 1.98. The van der Waals surface area contributed by atoms with Crippen LogP contribution in [0.15, 0.2) is 24.4 Å². The van der Waals surface area contributed by atoms with Crippen LogP contribution in [0, 0.1) is 0 Å². The van der Waals surface area contributed by atoms with Gasteiger partial charge in [0.2, 0.25) is 0 Å². The van der Waals surface area contributed by atoms with Gasteiger partial charge in [-0.25, -0.2) is 0 Å². The Hall–Kier alpha value is -1.77. The summed E-state index contributed by atoms with van der Waals surface area (Å²) in [6, 6.07) is 5.82. The molecule has 0 aliphatic rings. The van der Waals surface area contributed by atoms with E-state index in [0.717, 1.165) is 22.2 Å². The summed E-state index contributed by atoms with van der Waals surface area (Å²) in [5.74, 6) is 0.973. The number of nitrogens with one attached hydrogen (secondary N) is 1. The summed E-state index contributed by atoms with van der Waals surface area (Å²) in [4.78, 5) is 14.2. The van der Waals surface area contributed by atoms with Gasteiger partial charge in [0.05, 0.1) is 12.6 Å². The van der Waals surface area contributed by atoms with Crippen LogP contribution < -0.4 is 4.74 Å². The predicted octanol–water partition coefficient (Wildman–Crippen LogP) is 2.31. The average molecular weight is 203 g/mol. The van der Waals surface area contributed by atoms with E-state index in [1.807, 2.05) is 24.4 Å². The summed E-state index contributed by atoms with van der Waals surface area (Å²) in [5, 5.41) is 1.06. The number of ether oxygens (including phenoxy) is 1. The summed E-state index contributed by atoms with van der Waals surface area (Å²) in [6.07, 6.45) is 2.34. The van der Waals surface area contributed by atoms with E-state index < -0.39 is 0 Å². The number of carbonyl (C=O) groups excluding carboxylic acids is 1. The normalized spacial score (nSPS) is 10.5. The van der Waals surface area contributed by atoms with Crippen molar-refractivity contribution in [3.05, 3.63) is 30.0 Å². The van der Waals surface area contributed by atoms with E-state index in [-0.39, 0.29) is 5.78 Å². The van der Waals surface area contributed by atoms with Crippen molar-refractivity contribution in [3.63, 3.8) is 0 Å². The molecule has 0 saturated carbocycles. The van der Waals surface area contributed by atoms with Crippen molar-refractivity contribution >= 4 is 16.7 Å². The molecule has 1 heterocycles. The van der Waals surface area contributed by atoms with Gasteiger partial charge in [-0.05, 0) is 18.6 Å². The standard InChI is InChI=1S/C12H13NO2/c1-8(14)6-9-7-13-12-10(9)4-3-5-11(12)15-2/h3-5,7,13H,6H2,1-2H3. The average Bonchev–Trinajstić information content (AvgIpc) is 2.61. The lowest BCUT2D eigenvalue weighted by molar-refractivity contribution is -0.116. The fourth-order valence-corrected chi connectivity index (χ4v) is 1.77. The molecule has 2 rings (SSSR count). The van der Waals surface area contributed by atoms with Gasteiger partial charge >= 0.3 is 0 Å². The summed E-state index contributed by atoms with van der Waals surface area (Å²) in [6.45, 7) is 1.60. The largest absolute Gasteiger partial charge is 0.495 e. The summed E-state index contributed by atoms with van der Waals surface area (Å²) >= 11 is 0. The molecule has 15 heavy (non-hydrogen) atoms. The smallest absolute Gasteiger partial charge is 0.142 e. The van der Waals surface area contributed by atoms with Crippen LogP contribution in [-0.4, -0.2) is 17.9 Å². The number of hydrogen-bond acceptors (Lipinski definition) is 2. The SMILES string of the molecule is COc1cccc2c(CC(C)=O)c[nH]c12. The Morgan fingerprint density at radius 2 is 2.27 bits per heavy atom. The maximum absolute atomic E-state index is 11.1. The number of aromatic amines is 1. The maximum atomic E-state index is 11.1. The monoisotopic (exact) mass is 203 g/mol. The number of H-pyrrole nitrogens is 1. The van der Waals surface area contributed by atoms with Crippen molar-refractivity contribution in [1.82, 2.24) is 4.98 Å². The second-order valence-corrected chi connectivity index (χ2v) is 3.58. The molecule has 0 spiro atoms. The van der Waals surface area contributed by atoms with E-state index in [1.54, 1.807) is 14.0 Å². The molecule has 0 amide bonds. The van der Waals surface area contributed by atoms with Crippen LogP contribution in [0.2, 0.25) is 0 Å². The van der Waals surface area contributed by atoms with Crippen LogP contribution in [-0.2, 0) is 11.2 Å². The molecule has 2 aromatic rings. The van der Waals surface area contributed by atoms with Crippen LogP contribution in [0.4, 0.5) is 0 Å². The van der Waals surface area contributed by atoms with E-state index in [4.69, 9.17) is 4.74 Å². The molecule has 78 valence electrons. The molecule has 0 bridgehead atoms. The van der Waals surface area contributed by atoms with E-state index >= 15 is 0 Å². The molecular weight excluding hydrogens is 190 g/mol. The van der Waals surface area contributed by atoms with Crippen LogP contribution in [0.25, 0.3) is 10.9 Å². The van der Waals surface area contributed by atoms with Gasteiger partial charge in [-0.3, -0.25) is 4.79 Å². The Bertz CT molecular complexity index is 499. The molecule has 1 aromatic heterocycles. The highest BCUT2D eigenvalue weighted by molar-refractivity contribution is 5.92. The van der Waals surface area contributed by atoms with Crippen molar-refractivity contribution < 1.29 is 9.53 Å². The zero-order chi connectivity index (χ0) is 10.8. The Balaban J connectivity index is 2.55. The maximum Gasteiger partial charge on any atom is 0.142 e. The highest BCUT2D eigenvalue weighted by Crippen LogP contribution is 2.27. The minimum atomic E-state index is 0.165. The number of methoxy groups -OCH3 is 1. The molecule has 0 aliphatic carbocycles. The first-order chi connectivity index (χ1) is 7.22. The number of ketones is 1. The van der Waals surface area contributed by atoms with Gasteiger partial charge in [-0.2, -0.15) is 0 Å². The Morgan fingerprint density at radius 3 is 2.93 bits per heavy atom. The molecule has 0 saturated heterocycles. The van der Waals surface area contributed by atoms with Crippen LogP contribution in [0.5, 0.6) is 5.75 Å². The molecular formula is C12H13NO2. The third-order valence-electron chi connectivity index (χ3n) is 2.42. The van der Waals surface area contributed by atoms with Gasteiger partial charge < -0.3 is 9.72 Å². The lowest BCUT2D eigenvalue weighted by atomic mass is 10.1. The number of fused-ring (bicyclic) bond motifs is 1. The molecule has 1 N–H and O–H groups in total. The van der Waals surface area contributed by atoms with Crippen molar-refractivity contribution in [3.8, 4) is 5.75 Å². The number of hydrogen-bond donors (Lipinski definition) is 1. The van der Waals surface area contributed by atoms with E-state index in [2.05, 4.69) is 4.98 Å². The van der Waals surface area contributed by atoms with E-state index in [9.17, 15) is 4.79 Å². The van der Waals surface area contributed by atoms with Gasteiger partial charge in [0.15, 0.2) is 0 Å². The third-order valence-corrected chi connectivity index (χ3v) is 2.42. The first kappa shape index (κ1) is 9.77. The molecule has 1 aromatic carbocycles. The molecule has 0 aliphatic heterocycles. The van der Waals surface area contributed by atoms with Crippen molar-refractivity contribution in [1.29, 1.82) is 0 Å². The molecule has 0 radical (unpaired) electrons. The van der Waals surface area contributed by atoms with Gasteiger partial charge in [0.1, 0.15) is 11.5 Å². The van der Waals surface area contributed by atoms with Crippen LogP contribution in [0.1, 0.15) is 12.5 Å². The fraction of sp³-hybridized carbons (Fsp3) is 0.250. The van der Waals surface area contributed by atoms with Gasteiger partial charge in [0.25, 0.3) is 0 Å². The Labute approximate surface area is 88.1 Å². The molecule has 0 atom stereocenters. The Kier molecular flexibility index (Phi) is 2.46. The summed E-state index contributed by atoms with van der Waals surface area (Å²) < 4.78 is 5.23. The third kappa shape index (κ3) is 1.73. The molecule has 3 nitrogen and oxygen atoms in total. The second-order valence-electron chi connectivity index (χ2n) is 3.58. The van der Waals surface area contributed by atoms with Gasteiger partial charge in [0, 0.05) is 18.0 Å². The zero-order valence-corrected chi connectivity index (χ0v) is 8.83. The Morgan fingerprint density at radius 1 is 1.47 bits per heavy atom. The lowest BCUT2D eigenvalue weighted by Gasteiger charge is -2.01. The van der Waals surface area contributed by atoms with E-state index in [0.29, 0.717) is 6.42 Å². The molecule has 0 fully saturated rings.